The van der Waals surface area contributed by atoms with Crippen molar-refractivity contribution in [3.63, 3.8) is 0 Å². The largest absolute Gasteiger partial charge is 0.495 e. The smallest absolute Gasteiger partial charge is 0.267 e. The van der Waals surface area contributed by atoms with E-state index in [-0.39, 0.29) is 11.8 Å². The standard InChI is InChI=1S/C19H20N2O4/c1-11-5-8-16(24-4)14(9-11)20-18(22)13-6-7-15-17(10-13)25-12(2)19(23)21(15)3/h5-10,12H,1-4H3,(H,20,22). The highest BCUT2D eigenvalue weighted by Crippen LogP contribution is 2.34. The Morgan fingerprint density at radius 2 is 2.00 bits per heavy atom. The molecule has 3 rings (SSSR count). The second-order valence-corrected chi connectivity index (χ2v) is 6.00. The van der Waals surface area contributed by atoms with Crippen molar-refractivity contribution >= 4 is 23.2 Å². The number of benzene rings is 2. The van der Waals surface area contributed by atoms with Crippen LogP contribution in [0.15, 0.2) is 36.4 Å². The second kappa shape index (κ2) is 6.47. The Morgan fingerprint density at radius 1 is 1.24 bits per heavy atom. The van der Waals surface area contributed by atoms with Crippen LogP contribution in [0.1, 0.15) is 22.8 Å². The first-order valence-corrected chi connectivity index (χ1v) is 7.95. The Labute approximate surface area is 146 Å². The SMILES string of the molecule is COc1ccc(C)cc1NC(=O)c1ccc2c(c1)OC(C)C(=O)N2C. The number of methoxy groups -OCH3 is 1. The maximum atomic E-state index is 12.6. The molecule has 6 nitrogen and oxygen atoms in total. The summed E-state index contributed by atoms with van der Waals surface area (Å²) in [6.45, 7) is 3.63. The van der Waals surface area contributed by atoms with E-state index in [1.54, 1.807) is 39.3 Å². The maximum absolute atomic E-state index is 12.6. The second-order valence-electron chi connectivity index (χ2n) is 6.00. The van der Waals surface area contributed by atoms with Crippen LogP contribution in [-0.2, 0) is 4.79 Å². The Hall–Kier alpha value is -3.02. The Morgan fingerprint density at radius 3 is 2.72 bits per heavy atom. The summed E-state index contributed by atoms with van der Waals surface area (Å²) < 4.78 is 10.9. The minimum absolute atomic E-state index is 0.116. The van der Waals surface area contributed by atoms with Gasteiger partial charge in [0.05, 0.1) is 18.5 Å². The Balaban J connectivity index is 1.88. The van der Waals surface area contributed by atoms with Crippen LogP contribution in [0.2, 0.25) is 0 Å². The van der Waals surface area contributed by atoms with Crippen molar-refractivity contribution in [3.05, 3.63) is 47.5 Å². The first kappa shape index (κ1) is 16.8. The van der Waals surface area contributed by atoms with E-state index in [0.29, 0.717) is 28.4 Å². The van der Waals surface area contributed by atoms with Gasteiger partial charge in [-0.2, -0.15) is 0 Å². The van der Waals surface area contributed by atoms with Crippen molar-refractivity contribution in [2.24, 2.45) is 0 Å². The summed E-state index contributed by atoms with van der Waals surface area (Å²) in [5, 5.41) is 2.86. The normalized spacial score (nSPS) is 16.1. The highest BCUT2D eigenvalue weighted by molar-refractivity contribution is 6.06. The number of fused-ring (bicyclic) bond motifs is 1. The molecule has 1 N–H and O–H groups in total. The Kier molecular flexibility index (Phi) is 4.35. The van der Waals surface area contributed by atoms with Crippen LogP contribution in [0.3, 0.4) is 0 Å². The minimum Gasteiger partial charge on any atom is -0.495 e. The van der Waals surface area contributed by atoms with Crippen LogP contribution in [0, 0.1) is 6.92 Å². The van der Waals surface area contributed by atoms with Crippen LogP contribution in [0.4, 0.5) is 11.4 Å². The van der Waals surface area contributed by atoms with Crippen molar-refractivity contribution in [3.8, 4) is 11.5 Å². The molecule has 6 heteroatoms. The van der Waals surface area contributed by atoms with Gasteiger partial charge in [-0.1, -0.05) is 6.07 Å². The number of nitrogens with one attached hydrogen (secondary N) is 1. The first-order valence-electron chi connectivity index (χ1n) is 7.95. The van der Waals surface area contributed by atoms with E-state index >= 15 is 0 Å². The molecule has 2 aromatic rings. The number of hydrogen-bond donors (Lipinski definition) is 1. The maximum Gasteiger partial charge on any atom is 0.267 e. The molecule has 0 saturated carbocycles. The van der Waals surface area contributed by atoms with Crippen molar-refractivity contribution in [1.82, 2.24) is 0 Å². The fourth-order valence-corrected chi connectivity index (χ4v) is 2.77. The van der Waals surface area contributed by atoms with E-state index in [0.717, 1.165) is 5.56 Å². The zero-order valence-electron chi connectivity index (χ0n) is 14.6. The molecular formula is C19H20N2O4. The lowest BCUT2D eigenvalue weighted by Gasteiger charge is -2.30. The number of anilines is 2. The number of rotatable bonds is 3. The quantitative estimate of drug-likeness (QED) is 0.933. The van der Waals surface area contributed by atoms with Gasteiger partial charge >= 0.3 is 0 Å². The molecule has 1 heterocycles. The zero-order chi connectivity index (χ0) is 18.1. The average Bonchev–Trinajstić information content (AvgIpc) is 2.59. The van der Waals surface area contributed by atoms with Crippen molar-refractivity contribution < 1.29 is 19.1 Å². The molecule has 0 spiro atoms. The molecule has 1 unspecified atom stereocenters. The number of carbonyl (C=O) groups is 2. The molecule has 1 atom stereocenters. The van der Waals surface area contributed by atoms with E-state index < -0.39 is 6.10 Å². The number of hydrogen-bond acceptors (Lipinski definition) is 4. The molecule has 0 fully saturated rings. The molecular weight excluding hydrogens is 320 g/mol. The zero-order valence-corrected chi connectivity index (χ0v) is 14.6. The first-order chi connectivity index (χ1) is 11.9. The summed E-state index contributed by atoms with van der Waals surface area (Å²) in [6, 6.07) is 10.6. The number of aryl methyl sites for hydroxylation is 1. The van der Waals surface area contributed by atoms with Crippen molar-refractivity contribution in [1.29, 1.82) is 0 Å². The van der Waals surface area contributed by atoms with Gasteiger partial charge in [0, 0.05) is 12.6 Å². The number of nitrogens with zero attached hydrogens (tertiary/aromatic N) is 1. The summed E-state index contributed by atoms with van der Waals surface area (Å²) in [7, 11) is 3.25. The highest BCUT2D eigenvalue weighted by atomic mass is 16.5. The van der Waals surface area contributed by atoms with Gasteiger partial charge in [0.25, 0.3) is 11.8 Å². The molecule has 2 amide bonds. The molecule has 25 heavy (non-hydrogen) atoms. The third kappa shape index (κ3) is 3.15. The van der Waals surface area contributed by atoms with Gasteiger partial charge in [-0.25, -0.2) is 0 Å². The molecule has 130 valence electrons. The lowest BCUT2D eigenvalue weighted by Crippen LogP contribution is -2.42. The predicted molar refractivity (Wildman–Crippen MR) is 95.6 cm³/mol. The lowest BCUT2D eigenvalue weighted by atomic mass is 10.1. The Bertz CT molecular complexity index is 847. The van der Waals surface area contributed by atoms with E-state index in [1.807, 2.05) is 25.1 Å². The van der Waals surface area contributed by atoms with Crippen LogP contribution in [0.5, 0.6) is 11.5 Å². The predicted octanol–water partition coefficient (Wildman–Crippen LogP) is 3.00. The molecule has 1 aliphatic heterocycles. The number of likely N-dealkylation sites (N-methyl/N-ethyl adjacent to an activating group) is 1. The summed E-state index contributed by atoms with van der Waals surface area (Å²) in [5.74, 6) is 0.710. The van der Waals surface area contributed by atoms with Gasteiger partial charge in [0.15, 0.2) is 6.10 Å². The summed E-state index contributed by atoms with van der Waals surface area (Å²) >= 11 is 0. The molecule has 2 aromatic carbocycles. The molecule has 0 radical (unpaired) electrons. The molecule has 0 aliphatic carbocycles. The monoisotopic (exact) mass is 340 g/mol. The van der Waals surface area contributed by atoms with Crippen LogP contribution >= 0.6 is 0 Å². The van der Waals surface area contributed by atoms with E-state index in [9.17, 15) is 9.59 Å². The summed E-state index contributed by atoms with van der Waals surface area (Å²) in [5.41, 5.74) is 2.70. The van der Waals surface area contributed by atoms with E-state index in [2.05, 4.69) is 5.32 Å². The van der Waals surface area contributed by atoms with Gasteiger partial charge in [-0.3, -0.25) is 9.59 Å². The van der Waals surface area contributed by atoms with Crippen LogP contribution in [0.25, 0.3) is 0 Å². The van der Waals surface area contributed by atoms with Crippen molar-refractivity contribution in [2.75, 3.05) is 24.4 Å². The van der Waals surface area contributed by atoms with Gasteiger partial charge in [0.1, 0.15) is 11.5 Å². The number of amides is 2. The number of carbonyl (C=O) groups excluding carboxylic acids is 2. The topological polar surface area (TPSA) is 67.9 Å². The third-order valence-corrected chi connectivity index (χ3v) is 4.17. The van der Waals surface area contributed by atoms with E-state index in [1.165, 1.54) is 4.90 Å². The fraction of sp³-hybridized carbons (Fsp3) is 0.263. The third-order valence-electron chi connectivity index (χ3n) is 4.17. The number of ether oxygens (including phenoxy) is 2. The molecule has 1 aliphatic rings. The van der Waals surface area contributed by atoms with Gasteiger partial charge < -0.3 is 19.7 Å². The van der Waals surface area contributed by atoms with E-state index in [4.69, 9.17) is 9.47 Å². The van der Waals surface area contributed by atoms with Gasteiger partial charge in [-0.15, -0.1) is 0 Å². The average molecular weight is 340 g/mol. The van der Waals surface area contributed by atoms with Crippen LogP contribution in [-0.4, -0.2) is 32.1 Å². The minimum atomic E-state index is -0.576. The lowest BCUT2D eigenvalue weighted by molar-refractivity contribution is -0.125. The molecule has 0 saturated heterocycles. The van der Waals surface area contributed by atoms with Gasteiger partial charge in [0.2, 0.25) is 0 Å². The molecule has 0 bridgehead atoms. The van der Waals surface area contributed by atoms with Gasteiger partial charge in [-0.05, 0) is 49.7 Å². The fourth-order valence-electron chi connectivity index (χ4n) is 2.77. The van der Waals surface area contributed by atoms with Crippen LogP contribution < -0.4 is 19.7 Å². The molecule has 0 aromatic heterocycles. The summed E-state index contributed by atoms with van der Waals surface area (Å²) in [4.78, 5) is 26.1. The van der Waals surface area contributed by atoms with Crippen molar-refractivity contribution in [2.45, 2.75) is 20.0 Å². The summed E-state index contributed by atoms with van der Waals surface area (Å²) in [6.07, 6.45) is -0.576. The highest BCUT2D eigenvalue weighted by Gasteiger charge is 2.29.